The van der Waals surface area contributed by atoms with Crippen molar-refractivity contribution in [3.05, 3.63) is 23.8 Å². The molecule has 1 nitrogen and oxygen atoms in total. The second kappa shape index (κ2) is 5.94. The van der Waals surface area contributed by atoms with E-state index >= 15 is 0 Å². The second-order valence-corrected chi connectivity index (χ2v) is 10.9. The maximum Gasteiger partial charge on any atom is 0.178 e. The van der Waals surface area contributed by atoms with E-state index in [1.54, 1.807) is 0 Å². The predicted molar refractivity (Wildman–Crippen MR) is 107 cm³/mol. The van der Waals surface area contributed by atoms with Crippen LogP contribution in [0.2, 0.25) is 0 Å². The van der Waals surface area contributed by atoms with Gasteiger partial charge in [-0.3, -0.25) is 4.79 Å². The van der Waals surface area contributed by atoms with Gasteiger partial charge in [0, 0.05) is 15.9 Å². The lowest BCUT2D eigenvalue weighted by atomic mass is 9.48. The predicted octanol–water partition coefficient (Wildman–Crippen LogP) is 5.37. The van der Waals surface area contributed by atoms with Gasteiger partial charge in [-0.2, -0.15) is 23.5 Å². The summed E-state index contributed by atoms with van der Waals surface area (Å²) in [6.45, 7) is 5.01. The number of rotatable bonds is 2. The molecule has 3 saturated carbocycles. The fraction of sp³-hybridized carbons (Fsp3) is 0.762. The summed E-state index contributed by atoms with van der Waals surface area (Å²) in [5.41, 5.74) is 2.07. The molecule has 3 fully saturated rings. The Morgan fingerprint density at radius 1 is 1.08 bits per heavy atom. The smallest absolute Gasteiger partial charge is 0.178 e. The molecule has 4 aliphatic carbocycles. The van der Waals surface area contributed by atoms with Crippen molar-refractivity contribution < 1.29 is 4.79 Å². The molecule has 0 aromatic heterocycles. The number of hydrogen-bond acceptors (Lipinski definition) is 3. The molecule has 0 radical (unpaired) electrons. The van der Waals surface area contributed by atoms with Gasteiger partial charge >= 0.3 is 0 Å². The fourth-order valence-electron chi connectivity index (χ4n) is 6.72. The minimum Gasteiger partial charge on any atom is -0.290 e. The van der Waals surface area contributed by atoms with Crippen LogP contribution in [-0.2, 0) is 4.79 Å². The summed E-state index contributed by atoms with van der Waals surface area (Å²) in [6, 6.07) is 0. The van der Waals surface area contributed by atoms with Gasteiger partial charge in [-0.15, -0.1) is 0 Å². The molecule has 0 N–H and O–H groups in total. The zero-order chi connectivity index (χ0) is 17.1. The van der Waals surface area contributed by atoms with Gasteiger partial charge in [-0.1, -0.05) is 25.5 Å². The first-order valence-electron chi connectivity index (χ1n) is 9.44. The first kappa shape index (κ1) is 17.3. The van der Waals surface area contributed by atoms with E-state index in [1.165, 1.54) is 31.3 Å². The average molecular weight is 363 g/mol. The van der Waals surface area contributed by atoms with E-state index in [4.69, 9.17) is 0 Å². The van der Waals surface area contributed by atoms with Gasteiger partial charge in [0.25, 0.3) is 0 Å². The van der Waals surface area contributed by atoms with Crippen molar-refractivity contribution in [1.29, 1.82) is 0 Å². The van der Waals surface area contributed by atoms with Gasteiger partial charge in [0.1, 0.15) is 0 Å². The highest BCUT2D eigenvalue weighted by molar-refractivity contribution is 7.99. The number of carbonyl (C=O) groups is 1. The Bertz CT molecular complexity index is 609. The minimum atomic E-state index is 0.129. The Balaban J connectivity index is 1.75. The van der Waals surface area contributed by atoms with Crippen LogP contribution in [0.3, 0.4) is 0 Å². The first-order valence-corrected chi connectivity index (χ1v) is 12.0. The topological polar surface area (TPSA) is 17.1 Å². The van der Waals surface area contributed by atoms with Gasteiger partial charge in [0.15, 0.2) is 5.78 Å². The first-order chi connectivity index (χ1) is 11.4. The highest BCUT2D eigenvalue weighted by atomic mass is 32.2. The van der Waals surface area contributed by atoms with Crippen LogP contribution in [-0.4, -0.2) is 28.8 Å². The van der Waals surface area contributed by atoms with E-state index in [-0.39, 0.29) is 11.2 Å². The summed E-state index contributed by atoms with van der Waals surface area (Å²) in [5.74, 6) is 2.61. The summed E-state index contributed by atoms with van der Waals surface area (Å²) in [7, 11) is 0. The summed E-state index contributed by atoms with van der Waals surface area (Å²) in [4.78, 5) is 12.0. The molecule has 0 spiro atoms. The number of thioether (sulfide) groups is 2. The lowest BCUT2D eigenvalue weighted by molar-refractivity contribution is -0.111. The van der Waals surface area contributed by atoms with Crippen LogP contribution in [0.25, 0.3) is 0 Å². The van der Waals surface area contributed by atoms with E-state index < -0.39 is 0 Å². The van der Waals surface area contributed by atoms with Crippen molar-refractivity contribution >= 4 is 29.3 Å². The zero-order valence-corrected chi connectivity index (χ0v) is 17.0. The van der Waals surface area contributed by atoms with Crippen LogP contribution < -0.4 is 0 Å². The molecular formula is C21H30OS2. The van der Waals surface area contributed by atoms with Gasteiger partial charge in [0.2, 0.25) is 0 Å². The maximum absolute atomic E-state index is 12.0. The monoisotopic (exact) mass is 362 g/mol. The van der Waals surface area contributed by atoms with Crippen LogP contribution in [0.5, 0.6) is 0 Å². The maximum atomic E-state index is 12.0. The Hall–Kier alpha value is -0.150. The molecule has 0 aromatic rings. The van der Waals surface area contributed by atoms with Crippen molar-refractivity contribution in [2.24, 2.45) is 28.6 Å². The largest absolute Gasteiger partial charge is 0.290 e. The number of hydrogen-bond donors (Lipinski definition) is 0. The van der Waals surface area contributed by atoms with Crippen molar-refractivity contribution in [3.63, 3.8) is 0 Å². The summed E-state index contributed by atoms with van der Waals surface area (Å²) < 4.78 is 0. The molecule has 0 amide bonds. The molecule has 0 aliphatic heterocycles. The summed E-state index contributed by atoms with van der Waals surface area (Å²) in [5, 5.41) is 1.54. The Labute approximate surface area is 155 Å². The SMILES string of the molecule is CSC1CC2=CC(=O)C=C[C@]2(C)[C@H]2CC[C@]3(C)C(SC)CC[C@H]3[C@H]12. The lowest BCUT2D eigenvalue weighted by Gasteiger charge is -2.59. The third kappa shape index (κ3) is 2.26. The Kier molecular flexibility index (Phi) is 4.28. The molecular weight excluding hydrogens is 332 g/mol. The number of ketones is 1. The second-order valence-electron chi connectivity index (χ2n) is 8.80. The van der Waals surface area contributed by atoms with Crippen molar-refractivity contribution in [3.8, 4) is 0 Å². The van der Waals surface area contributed by atoms with Gasteiger partial charge in [-0.05, 0) is 79.9 Å². The lowest BCUT2D eigenvalue weighted by Crippen LogP contribution is -2.54. The third-order valence-electron chi connectivity index (χ3n) is 8.06. The third-order valence-corrected chi connectivity index (χ3v) is 10.5. The summed E-state index contributed by atoms with van der Waals surface area (Å²) >= 11 is 4.17. The van der Waals surface area contributed by atoms with E-state index in [9.17, 15) is 4.79 Å². The zero-order valence-electron chi connectivity index (χ0n) is 15.4. The van der Waals surface area contributed by atoms with E-state index in [1.807, 2.05) is 12.2 Å². The quantitative estimate of drug-likeness (QED) is 0.657. The number of fused-ring (bicyclic) bond motifs is 5. The normalized spacial score (nSPS) is 50.1. The average Bonchev–Trinajstić information content (AvgIpc) is 2.91. The van der Waals surface area contributed by atoms with Crippen LogP contribution in [0, 0.1) is 28.6 Å². The molecule has 0 bridgehead atoms. The van der Waals surface area contributed by atoms with Crippen LogP contribution in [0.1, 0.15) is 46.0 Å². The van der Waals surface area contributed by atoms with Gasteiger partial charge < -0.3 is 0 Å². The van der Waals surface area contributed by atoms with Crippen molar-refractivity contribution in [1.82, 2.24) is 0 Å². The molecule has 0 saturated heterocycles. The summed E-state index contributed by atoms with van der Waals surface area (Å²) in [6.07, 6.45) is 17.3. The van der Waals surface area contributed by atoms with E-state index in [2.05, 4.69) is 56.0 Å². The molecule has 7 atom stereocenters. The van der Waals surface area contributed by atoms with Crippen LogP contribution in [0.15, 0.2) is 23.8 Å². The van der Waals surface area contributed by atoms with Gasteiger partial charge in [0.05, 0.1) is 0 Å². The van der Waals surface area contributed by atoms with E-state index in [0.717, 1.165) is 29.4 Å². The molecule has 132 valence electrons. The van der Waals surface area contributed by atoms with Gasteiger partial charge in [-0.25, -0.2) is 0 Å². The highest BCUT2D eigenvalue weighted by Crippen LogP contribution is 2.67. The highest BCUT2D eigenvalue weighted by Gasteiger charge is 2.60. The number of allylic oxidation sites excluding steroid dienone is 4. The molecule has 0 aromatic carbocycles. The molecule has 4 rings (SSSR count). The number of carbonyl (C=O) groups excluding carboxylic acids is 1. The molecule has 3 heteroatoms. The minimum absolute atomic E-state index is 0.129. The molecule has 24 heavy (non-hydrogen) atoms. The van der Waals surface area contributed by atoms with Crippen LogP contribution >= 0.6 is 23.5 Å². The Morgan fingerprint density at radius 3 is 2.58 bits per heavy atom. The standard InChI is InChI=1S/C21H30OS2/c1-20-9-7-14(22)11-13(20)12-17(23-3)19-15-5-6-18(24-4)21(15,2)10-8-16(19)20/h7,9,11,15-19H,5-6,8,10,12H2,1-4H3/t15-,16-,17?,18?,19-,20-,21-/m0/s1. The van der Waals surface area contributed by atoms with Crippen LogP contribution in [0.4, 0.5) is 0 Å². The van der Waals surface area contributed by atoms with Crippen molar-refractivity contribution in [2.75, 3.05) is 12.5 Å². The van der Waals surface area contributed by atoms with E-state index in [0.29, 0.717) is 10.7 Å². The molecule has 2 unspecified atom stereocenters. The molecule has 0 heterocycles. The van der Waals surface area contributed by atoms with Crippen molar-refractivity contribution in [2.45, 2.75) is 56.5 Å². The molecule has 4 aliphatic rings. The fourth-order valence-corrected chi connectivity index (χ4v) is 8.97. The Morgan fingerprint density at radius 2 is 1.88 bits per heavy atom.